The second-order valence-corrected chi connectivity index (χ2v) is 3.45. The first-order valence-electron chi connectivity index (χ1n) is 5.23. The average molecular weight is 209 g/mol. The third-order valence-corrected chi connectivity index (χ3v) is 2.07. The molecule has 0 aliphatic carbocycles. The first-order valence-corrected chi connectivity index (χ1v) is 5.23. The van der Waals surface area contributed by atoms with E-state index in [1.165, 1.54) is 0 Å². The lowest BCUT2D eigenvalue weighted by Gasteiger charge is -2.12. The summed E-state index contributed by atoms with van der Waals surface area (Å²) in [6.45, 7) is 10.1. The smallest absolute Gasteiger partial charge is 0.0616 e. The molecule has 0 spiro atoms. The number of ether oxygens (including phenoxy) is 1. The van der Waals surface area contributed by atoms with Crippen LogP contribution in [0.1, 0.15) is 19.4 Å². The molecule has 0 aromatic carbocycles. The Labute approximate surface area is 90.9 Å². The van der Waals surface area contributed by atoms with Crippen molar-refractivity contribution in [2.24, 2.45) is 0 Å². The maximum absolute atomic E-state index is 5.31. The lowest BCUT2D eigenvalue weighted by atomic mass is 10.3. The van der Waals surface area contributed by atoms with Crippen LogP contribution in [-0.2, 0) is 11.3 Å². The van der Waals surface area contributed by atoms with E-state index in [1.807, 2.05) is 19.3 Å². The monoisotopic (exact) mass is 209 g/mol. The Morgan fingerprint density at radius 2 is 2.53 bits per heavy atom. The molecule has 1 heterocycles. The van der Waals surface area contributed by atoms with Gasteiger partial charge in [0.1, 0.15) is 0 Å². The van der Waals surface area contributed by atoms with Crippen LogP contribution >= 0.6 is 0 Å². The molecule has 1 rings (SSSR count). The number of nitrogens with one attached hydrogen (secondary N) is 1. The van der Waals surface area contributed by atoms with E-state index in [2.05, 4.69) is 23.9 Å². The summed E-state index contributed by atoms with van der Waals surface area (Å²) in [7, 11) is 0. The Morgan fingerprint density at radius 3 is 3.13 bits per heavy atom. The zero-order chi connectivity index (χ0) is 11.1. The number of rotatable bonds is 7. The average Bonchev–Trinajstić information content (AvgIpc) is 2.71. The number of aromatic nitrogens is 2. The van der Waals surface area contributed by atoms with Gasteiger partial charge in [-0.3, -0.25) is 0 Å². The lowest BCUT2D eigenvalue weighted by molar-refractivity contribution is 0.127. The summed E-state index contributed by atoms with van der Waals surface area (Å²) in [5.74, 6) is 0. The fraction of sp³-hybridized carbons (Fsp3) is 0.545. The van der Waals surface area contributed by atoms with Gasteiger partial charge in [-0.2, -0.15) is 5.10 Å². The predicted molar refractivity (Wildman–Crippen MR) is 61.4 cm³/mol. The van der Waals surface area contributed by atoms with Crippen LogP contribution in [-0.4, -0.2) is 29.0 Å². The largest absolute Gasteiger partial charge is 0.380 e. The van der Waals surface area contributed by atoms with Crippen molar-refractivity contribution in [3.63, 3.8) is 0 Å². The quantitative estimate of drug-likeness (QED) is 0.739. The predicted octanol–water partition coefficient (Wildman–Crippen LogP) is 1.50. The molecule has 0 saturated carbocycles. The van der Waals surface area contributed by atoms with Gasteiger partial charge in [0, 0.05) is 37.2 Å². The minimum Gasteiger partial charge on any atom is -0.380 e. The molecule has 1 aromatic rings. The minimum atomic E-state index is 0.358. The number of nitrogens with zero attached hydrogens (tertiary/aromatic N) is 2. The SMILES string of the molecule is C=Cn1cc(CNC(C)COCC)cn1. The van der Waals surface area contributed by atoms with Crippen molar-refractivity contribution in [3.8, 4) is 0 Å². The van der Waals surface area contributed by atoms with E-state index in [0.29, 0.717) is 6.04 Å². The summed E-state index contributed by atoms with van der Waals surface area (Å²) in [6.07, 6.45) is 5.46. The summed E-state index contributed by atoms with van der Waals surface area (Å²) in [5, 5.41) is 7.46. The topological polar surface area (TPSA) is 39.1 Å². The molecule has 4 heteroatoms. The van der Waals surface area contributed by atoms with Crippen LogP contribution in [0.3, 0.4) is 0 Å². The molecule has 1 N–H and O–H groups in total. The highest BCUT2D eigenvalue weighted by atomic mass is 16.5. The van der Waals surface area contributed by atoms with Crippen LogP contribution in [0.25, 0.3) is 6.20 Å². The molecule has 15 heavy (non-hydrogen) atoms. The minimum absolute atomic E-state index is 0.358. The van der Waals surface area contributed by atoms with Gasteiger partial charge in [-0.15, -0.1) is 0 Å². The van der Waals surface area contributed by atoms with E-state index in [9.17, 15) is 0 Å². The van der Waals surface area contributed by atoms with Crippen molar-refractivity contribution < 1.29 is 4.74 Å². The zero-order valence-corrected chi connectivity index (χ0v) is 9.44. The zero-order valence-electron chi connectivity index (χ0n) is 9.44. The van der Waals surface area contributed by atoms with E-state index in [-0.39, 0.29) is 0 Å². The maximum Gasteiger partial charge on any atom is 0.0616 e. The molecule has 0 fully saturated rings. The molecular formula is C11H19N3O. The van der Waals surface area contributed by atoms with Crippen LogP contribution in [0, 0.1) is 0 Å². The molecular weight excluding hydrogens is 190 g/mol. The van der Waals surface area contributed by atoms with Gasteiger partial charge in [0.05, 0.1) is 12.8 Å². The van der Waals surface area contributed by atoms with Crippen molar-refractivity contribution in [1.29, 1.82) is 0 Å². The van der Waals surface area contributed by atoms with Crippen LogP contribution in [0.2, 0.25) is 0 Å². The van der Waals surface area contributed by atoms with Gasteiger partial charge in [0.25, 0.3) is 0 Å². The summed E-state index contributed by atoms with van der Waals surface area (Å²) in [6, 6.07) is 0.358. The van der Waals surface area contributed by atoms with Gasteiger partial charge in [-0.25, -0.2) is 4.68 Å². The Kier molecular flexibility index (Phi) is 5.07. The van der Waals surface area contributed by atoms with Crippen LogP contribution in [0.5, 0.6) is 0 Å². The molecule has 4 nitrogen and oxygen atoms in total. The van der Waals surface area contributed by atoms with Crippen molar-refractivity contribution >= 4 is 6.20 Å². The Morgan fingerprint density at radius 1 is 1.73 bits per heavy atom. The second-order valence-electron chi connectivity index (χ2n) is 3.45. The van der Waals surface area contributed by atoms with Crippen molar-refractivity contribution in [2.75, 3.05) is 13.2 Å². The molecule has 0 aliphatic heterocycles. The van der Waals surface area contributed by atoms with Crippen molar-refractivity contribution in [2.45, 2.75) is 26.4 Å². The van der Waals surface area contributed by atoms with Crippen LogP contribution in [0.4, 0.5) is 0 Å². The first-order chi connectivity index (χ1) is 7.26. The summed E-state index contributed by atoms with van der Waals surface area (Å²) in [5.41, 5.74) is 1.15. The molecule has 0 amide bonds. The molecule has 0 bridgehead atoms. The lowest BCUT2D eigenvalue weighted by Crippen LogP contribution is -2.29. The van der Waals surface area contributed by atoms with Crippen molar-refractivity contribution in [3.05, 3.63) is 24.5 Å². The first kappa shape index (κ1) is 11.9. The van der Waals surface area contributed by atoms with Gasteiger partial charge in [-0.1, -0.05) is 6.58 Å². The molecule has 1 atom stereocenters. The standard InChI is InChI=1S/C11H19N3O/c1-4-14-8-11(7-13-14)6-12-10(3)9-15-5-2/h4,7-8,10,12H,1,5-6,9H2,2-3H3. The maximum atomic E-state index is 5.31. The van der Waals surface area contributed by atoms with Crippen molar-refractivity contribution in [1.82, 2.24) is 15.1 Å². The Bertz CT molecular complexity index is 296. The molecule has 0 radical (unpaired) electrons. The highest BCUT2D eigenvalue weighted by Gasteiger charge is 2.02. The van der Waals surface area contributed by atoms with E-state index < -0.39 is 0 Å². The number of hydrogen-bond acceptors (Lipinski definition) is 3. The molecule has 1 unspecified atom stereocenters. The molecule has 0 saturated heterocycles. The summed E-state index contributed by atoms with van der Waals surface area (Å²) in [4.78, 5) is 0. The molecule has 84 valence electrons. The van der Waals surface area contributed by atoms with E-state index >= 15 is 0 Å². The fourth-order valence-corrected chi connectivity index (χ4v) is 1.21. The third kappa shape index (κ3) is 4.27. The van der Waals surface area contributed by atoms with E-state index in [0.717, 1.165) is 25.3 Å². The normalized spacial score (nSPS) is 12.7. The Hall–Kier alpha value is -1.13. The molecule has 0 aliphatic rings. The second kappa shape index (κ2) is 6.37. The van der Waals surface area contributed by atoms with Gasteiger partial charge in [0.15, 0.2) is 0 Å². The highest BCUT2D eigenvalue weighted by molar-refractivity contribution is 5.17. The Balaban J connectivity index is 2.26. The van der Waals surface area contributed by atoms with Crippen LogP contribution < -0.4 is 5.32 Å². The van der Waals surface area contributed by atoms with Gasteiger partial charge >= 0.3 is 0 Å². The fourth-order valence-electron chi connectivity index (χ4n) is 1.21. The van der Waals surface area contributed by atoms with E-state index in [4.69, 9.17) is 4.74 Å². The van der Waals surface area contributed by atoms with E-state index in [1.54, 1.807) is 10.9 Å². The number of hydrogen-bond donors (Lipinski definition) is 1. The van der Waals surface area contributed by atoms with Crippen LogP contribution in [0.15, 0.2) is 19.0 Å². The summed E-state index contributed by atoms with van der Waals surface area (Å²) >= 11 is 0. The van der Waals surface area contributed by atoms with Gasteiger partial charge < -0.3 is 10.1 Å². The summed E-state index contributed by atoms with van der Waals surface area (Å²) < 4.78 is 7.01. The molecule has 1 aromatic heterocycles. The highest BCUT2D eigenvalue weighted by Crippen LogP contribution is 1.98. The van der Waals surface area contributed by atoms with Gasteiger partial charge in [0.2, 0.25) is 0 Å². The van der Waals surface area contributed by atoms with Gasteiger partial charge in [-0.05, 0) is 13.8 Å². The third-order valence-electron chi connectivity index (χ3n) is 2.07.